The summed E-state index contributed by atoms with van der Waals surface area (Å²) in [6.07, 6.45) is 14.4. The van der Waals surface area contributed by atoms with E-state index in [1.54, 1.807) is 6.07 Å². The molecule has 3 rings (SSSR count). The first-order valence-electron chi connectivity index (χ1n) is 10.6. The third-order valence-corrected chi connectivity index (χ3v) is 6.65. The van der Waals surface area contributed by atoms with Crippen molar-refractivity contribution >= 4 is 0 Å². The Morgan fingerprint density at radius 3 is 2.33 bits per heavy atom. The molecule has 0 spiro atoms. The van der Waals surface area contributed by atoms with Crippen LogP contribution < -0.4 is 0 Å². The molecule has 0 amide bonds. The third kappa shape index (κ3) is 5.42. The van der Waals surface area contributed by atoms with E-state index in [-0.39, 0.29) is 5.82 Å². The number of benzene rings is 1. The van der Waals surface area contributed by atoms with E-state index in [1.807, 2.05) is 19.1 Å². The average Bonchev–Trinajstić information content (AvgIpc) is 2.72. The molecule has 0 unspecified atom stereocenters. The van der Waals surface area contributed by atoms with Gasteiger partial charge in [0.05, 0.1) is 18.2 Å². The highest BCUT2D eigenvalue weighted by atomic mass is 19.1. The minimum atomic E-state index is -0.197. The molecule has 2 aliphatic rings. The highest BCUT2D eigenvalue weighted by Crippen LogP contribution is 2.44. The second kappa shape index (κ2) is 10.0. The van der Waals surface area contributed by atoms with E-state index in [4.69, 9.17) is 10.00 Å². The monoisotopic (exact) mass is 369 g/mol. The Hall–Kier alpha value is -1.66. The minimum Gasteiger partial charge on any atom is -0.378 e. The second-order valence-corrected chi connectivity index (χ2v) is 8.22. The Labute approximate surface area is 163 Å². The van der Waals surface area contributed by atoms with E-state index in [0.717, 1.165) is 49.4 Å². The van der Waals surface area contributed by atoms with Gasteiger partial charge in [-0.3, -0.25) is 0 Å². The summed E-state index contributed by atoms with van der Waals surface area (Å²) in [5.41, 5.74) is 1.23. The van der Waals surface area contributed by atoms with Crippen molar-refractivity contribution in [1.82, 2.24) is 0 Å². The molecule has 0 bridgehead atoms. The standard InChI is InChI=1S/C24H32FNO/c1-2-27-15-3-4-18-5-8-20(9-6-18)21-10-12-22(13-11-21)23-14-7-19(17-26)16-24(23)25/h3-4,7,14,16,18,20-22H,2,5-6,8-13,15H2,1H3/b4-3+/t18-,20-,21?,22?. The molecule has 0 aliphatic heterocycles. The van der Waals surface area contributed by atoms with Crippen molar-refractivity contribution in [3.05, 3.63) is 47.3 Å². The Bertz CT molecular complexity index is 661. The van der Waals surface area contributed by atoms with Gasteiger partial charge in [-0.2, -0.15) is 5.26 Å². The summed E-state index contributed by atoms with van der Waals surface area (Å²) in [5.74, 6) is 2.53. The molecular formula is C24H32FNO. The van der Waals surface area contributed by atoms with Crippen LogP contribution in [0, 0.1) is 34.9 Å². The summed E-state index contributed by atoms with van der Waals surface area (Å²) >= 11 is 0. The molecule has 0 N–H and O–H groups in total. The van der Waals surface area contributed by atoms with Gasteiger partial charge < -0.3 is 4.74 Å². The zero-order valence-corrected chi connectivity index (χ0v) is 16.5. The first kappa shape index (κ1) is 20.1. The molecule has 2 aliphatic carbocycles. The smallest absolute Gasteiger partial charge is 0.127 e. The molecule has 0 aromatic heterocycles. The Kier molecular flexibility index (Phi) is 7.47. The summed E-state index contributed by atoms with van der Waals surface area (Å²) in [6.45, 7) is 3.56. The van der Waals surface area contributed by atoms with E-state index in [0.29, 0.717) is 11.5 Å². The van der Waals surface area contributed by atoms with Crippen LogP contribution in [0.5, 0.6) is 0 Å². The van der Waals surface area contributed by atoms with Crippen LogP contribution in [-0.4, -0.2) is 13.2 Å². The Balaban J connectivity index is 1.45. The molecule has 1 aromatic rings. The first-order chi connectivity index (χ1) is 13.2. The zero-order chi connectivity index (χ0) is 19.1. The normalized spacial score (nSPS) is 28.9. The molecule has 0 radical (unpaired) electrons. The molecule has 2 nitrogen and oxygen atoms in total. The number of allylic oxidation sites excluding steroid dienone is 1. The van der Waals surface area contributed by atoms with Gasteiger partial charge >= 0.3 is 0 Å². The van der Waals surface area contributed by atoms with Crippen molar-refractivity contribution in [2.45, 2.75) is 64.2 Å². The number of hydrogen-bond acceptors (Lipinski definition) is 2. The predicted octanol–water partition coefficient (Wildman–Crippen LogP) is 6.37. The Morgan fingerprint density at radius 1 is 1.07 bits per heavy atom. The van der Waals surface area contributed by atoms with E-state index < -0.39 is 0 Å². The van der Waals surface area contributed by atoms with E-state index in [9.17, 15) is 4.39 Å². The van der Waals surface area contributed by atoms with Crippen LogP contribution in [0.15, 0.2) is 30.4 Å². The summed E-state index contributed by atoms with van der Waals surface area (Å²) in [7, 11) is 0. The van der Waals surface area contributed by atoms with Crippen molar-refractivity contribution in [2.75, 3.05) is 13.2 Å². The highest BCUT2D eigenvalue weighted by Gasteiger charge is 2.31. The van der Waals surface area contributed by atoms with Gasteiger partial charge in [-0.25, -0.2) is 4.39 Å². The summed E-state index contributed by atoms with van der Waals surface area (Å²) in [6, 6.07) is 7.00. The molecule has 0 atom stereocenters. The number of ether oxygens (including phenoxy) is 1. The van der Waals surface area contributed by atoms with Gasteiger partial charge in [-0.1, -0.05) is 18.2 Å². The fraction of sp³-hybridized carbons (Fsp3) is 0.625. The van der Waals surface area contributed by atoms with Gasteiger partial charge in [0.25, 0.3) is 0 Å². The molecule has 2 saturated carbocycles. The lowest BCUT2D eigenvalue weighted by Crippen LogP contribution is -2.25. The lowest BCUT2D eigenvalue weighted by molar-refractivity contribution is 0.168. The van der Waals surface area contributed by atoms with Crippen LogP contribution in [0.3, 0.4) is 0 Å². The topological polar surface area (TPSA) is 33.0 Å². The lowest BCUT2D eigenvalue weighted by Gasteiger charge is -2.37. The van der Waals surface area contributed by atoms with Gasteiger partial charge in [0, 0.05) is 6.61 Å². The SMILES string of the molecule is CCOC/C=C/[C@H]1CC[C@H](C2CCC(c3ccc(C#N)cc3F)CC2)CC1. The fourth-order valence-electron chi connectivity index (χ4n) is 5.07. The fourth-order valence-corrected chi connectivity index (χ4v) is 5.07. The van der Waals surface area contributed by atoms with E-state index in [2.05, 4.69) is 12.2 Å². The van der Waals surface area contributed by atoms with Crippen LogP contribution in [0.25, 0.3) is 0 Å². The third-order valence-electron chi connectivity index (χ3n) is 6.65. The molecular weight excluding hydrogens is 337 g/mol. The molecule has 1 aromatic carbocycles. The van der Waals surface area contributed by atoms with Crippen LogP contribution in [0.2, 0.25) is 0 Å². The minimum absolute atomic E-state index is 0.197. The number of nitriles is 1. The summed E-state index contributed by atoms with van der Waals surface area (Å²) in [4.78, 5) is 0. The molecule has 3 heteroatoms. The van der Waals surface area contributed by atoms with Crippen LogP contribution in [0.1, 0.15) is 75.3 Å². The maximum atomic E-state index is 14.3. The van der Waals surface area contributed by atoms with E-state index >= 15 is 0 Å². The maximum absolute atomic E-state index is 14.3. The first-order valence-corrected chi connectivity index (χ1v) is 10.6. The van der Waals surface area contributed by atoms with Crippen molar-refractivity contribution in [2.24, 2.45) is 17.8 Å². The van der Waals surface area contributed by atoms with Crippen LogP contribution >= 0.6 is 0 Å². The molecule has 2 fully saturated rings. The van der Waals surface area contributed by atoms with Gasteiger partial charge in [0.1, 0.15) is 5.82 Å². The number of halogens is 1. The summed E-state index contributed by atoms with van der Waals surface area (Å²) < 4.78 is 19.7. The average molecular weight is 370 g/mol. The molecule has 0 heterocycles. The van der Waals surface area contributed by atoms with Gasteiger partial charge in [0.15, 0.2) is 0 Å². The zero-order valence-electron chi connectivity index (χ0n) is 16.5. The molecule has 146 valence electrons. The number of hydrogen-bond donors (Lipinski definition) is 0. The van der Waals surface area contributed by atoms with Crippen molar-refractivity contribution in [3.63, 3.8) is 0 Å². The molecule has 0 saturated heterocycles. The quantitative estimate of drug-likeness (QED) is 0.431. The summed E-state index contributed by atoms with van der Waals surface area (Å²) in [5, 5.41) is 8.91. The second-order valence-electron chi connectivity index (χ2n) is 8.22. The number of rotatable bonds is 6. The highest BCUT2D eigenvalue weighted by molar-refractivity contribution is 5.34. The Morgan fingerprint density at radius 2 is 1.74 bits per heavy atom. The van der Waals surface area contributed by atoms with Gasteiger partial charge in [0.2, 0.25) is 0 Å². The molecule has 27 heavy (non-hydrogen) atoms. The van der Waals surface area contributed by atoms with Crippen molar-refractivity contribution < 1.29 is 9.13 Å². The van der Waals surface area contributed by atoms with Gasteiger partial charge in [-0.15, -0.1) is 0 Å². The van der Waals surface area contributed by atoms with Crippen molar-refractivity contribution in [3.8, 4) is 6.07 Å². The predicted molar refractivity (Wildman–Crippen MR) is 107 cm³/mol. The van der Waals surface area contributed by atoms with E-state index in [1.165, 1.54) is 44.6 Å². The number of nitrogens with zero attached hydrogens (tertiary/aromatic N) is 1. The maximum Gasteiger partial charge on any atom is 0.127 e. The lowest BCUT2D eigenvalue weighted by atomic mass is 9.68. The van der Waals surface area contributed by atoms with Crippen LogP contribution in [-0.2, 0) is 4.74 Å². The van der Waals surface area contributed by atoms with Crippen molar-refractivity contribution in [1.29, 1.82) is 5.26 Å². The largest absolute Gasteiger partial charge is 0.378 e. The van der Waals surface area contributed by atoms with Gasteiger partial charge in [-0.05, 0) is 99.7 Å². The van der Waals surface area contributed by atoms with Crippen LogP contribution in [0.4, 0.5) is 4.39 Å².